The Hall–Kier alpha value is -2.08. The molecule has 2 fully saturated rings. The summed E-state index contributed by atoms with van der Waals surface area (Å²) in [4.78, 5) is 29.7. The molecule has 2 amide bonds. The number of nitrogens with one attached hydrogen (secondary N) is 1. The lowest BCUT2D eigenvalue weighted by Gasteiger charge is -2.32. The highest BCUT2D eigenvalue weighted by molar-refractivity contribution is 5.90. The second kappa shape index (κ2) is 8.08. The predicted molar refractivity (Wildman–Crippen MR) is 99.9 cm³/mol. The Balaban J connectivity index is 1.82. The molecule has 1 aromatic rings. The lowest BCUT2D eigenvalue weighted by atomic mass is 9.91. The maximum Gasteiger partial charge on any atom is 0.226 e. The molecule has 6 nitrogen and oxygen atoms in total. The van der Waals surface area contributed by atoms with E-state index in [0.717, 1.165) is 37.2 Å². The van der Waals surface area contributed by atoms with Gasteiger partial charge in [-0.3, -0.25) is 9.59 Å². The number of likely N-dealkylation sites (tertiary alicyclic amines) is 2. The van der Waals surface area contributed by atoms with Gasteiger partial charge < -0.3 is 19.9 Å². The number of rotatable bonds is 5. The van der Waals surface area contributed by atoms with Crippen LogP contribution in [-0.4, -0.2) is 61.4 Å². The van der Waals surface area contributed by atoms with E-state index in [9.17, 15) is 9.59 Å². The van der Waals surface area contributed by atoms with Crippen molar-refractivity contribution >= 4 is 11.8 Å². The zero-order chi connectivity index (χ0) is 18.7. The third kappa shape index (κ3) is 3.70. The third-order valence-corrected chi connectivity index (χ3v) is 5.63. The van der Waals surface area contributed by atoms with Crippen LogP contribution in [0.2, 0.25) is 0 Å². The number of ether oxygens (including phenoxy) is 1. The zero-order valence-electron chi connectivity index (χ0n) is 15.9. The molecule has 0 aromatic heterocycles. The average molecular weight is 359 g/mol. The van der Waals surface area contributed by atoms with Gasteiger partial charge in [-0.1, -0.05) is 18.2 Å². The molecule has 0 unspecified atom stereocenters. The largest absolute Gasteiger partial charge is 0.496 e. The van der Waals surface area contributed by atoms with Crippen molar-refractivity contribution in [2.45, 2.75) is 38.3 Å². The summed E-state index contributed by atoms with van der Waals surface area (Å²) in [5.74, 6) is 0.368. The van der Waals surface area contributed by atoms with Crippen LogP contribution in [0.4, 0.5) is 0 Å². The number of methoxy groups -OCH3 is 1. The topological polar surface area (TPSA) is 61.9 Å². The van der Waals surface area contributed by atoms with Crippen molar-refractivity contribution in [2.24, 2.45) is 5.92 Å². The summed E-state index contributed by atoms with van der Waals surface area (Å²) in [6.07, 6.45) is 2.18. The van der Waals surface area contributed by atoms with Gasteiger partial charge >= 0.3 is 0 Å². The highest BCUT2D eigenvalue weighted by atomic mass is 16.5. The molecular weight excluding hydrogens is 330 g/mol. The van der Waals surface area contributed by atoms with Gasteiger partial charge in [0.2, 0.25) is 11.8 Å². The van der Waals surface area contributed by atoms with Crippen LogP contribution in [0.25, 0.3) is 0 Å². The SMILES string of the molecule is CCN1C(=O)C[C@@H](C(=O)NC2CCN(C)CC2)[C@@H]1c1ccccc1OC. The van der Waals surface area contributed by atoms with Crippen molar-refractivity contribution in [3.63, 3.8) is 0 Å². The molecule has 0 bridgehead atoms. The van der Waals surface area contributed by atoms with Gasteiger partial charge in [-0.25, -0.2) is 0 Å². The molecule has 0 radical (unpaired) electrons. The van der Waals surface area contributed by atoms with E-state index in [2.05, 4.69) is 17.3 Å². The van der Waals surface area contributed by atoms with Crippen LogP contribution in [0.1, 0.15) is 37.8 Å². The Labute approximate surface area is 155 Å². The minimum atomic E-state index is -0.376. The smallest absolute Gasteiger partial charge is 0.226 e. The zero-order valence-corrected chi connectivity index (χ0v) is 15.9. The fraction of sp³-hybridized carbons (Fsp3) is 0.600. The molecule has 1 aromatic carbocycles. The molecule has 26 heavy (non-hydrogen) atoms. The van der Waals surface area contributed by atoms with E-state index in [1.54, 1.807) is 12.0 Å². The molecule has 2 heterocycles. The van der Waals surface area contributed by atoms with Crippen molar-refractivity contribution in [1.82, 2.24) is 15.1 Å². The molecule has 0 spiro atoms. The highest BCUT2D eigenvalue weighted by Gasteiger charge is 2.45. The van der Waals surface area contributed by atoms with Gasteiger partial charge in [0.1, 0.15) is 5.75 Å². The van der Waals surface area contributed by atoms with Gasteiger partial charge in [0.25, 0.3) is 0 Å². The molecule has 0 aliphatic carbocycles. The van der Waals surface area contributed by atoms with Crippen molar-refractivity contribution in [2.75, 3.05) is 33.8 Å². The second-order valence-corrected chi connectivity index (χ2v) is 7.26. The number of piperidine rings is 1. The maximum absolute atomic E-state index is 13.0. The molecule has 2 atom stereocenters. The molecular formula is C20H29N3O3. The van der Waals surface area contributed by atoms with Gasteiger partial charge in [-0.05, 0) is 46.0 Å². The summed E-state index contributed by atoms with van der Waals surface area (Å²) in [5.41, 5.74) is 0.909. The summed E-state index contributed by atoms with van der Waals surface area (Å²) in [6.45, 7) is 4.52. The molecule has 2 aliphatic heterocycles. The molecule has 2 aliphatic rings. The van der Waals surface area contributed by atoms with E-state index in [0.29, 0.717) is 6.54 Å². The Kier molecular flexibility index (Phi) is 5.81. The van der Waals surface area contributed by atoms with Crippen LogP contribution in [0, 0.1) is 5.92 Å². The fourth-order valence-electron chi connectivity index (χ4n) is 4.16. The van der Waals surface area contributed by atoms with Crippen molar-refractivity contribution in [1.29, 1.82) is 0 Å². The van der Waals surface area contributed by atoms with Crippen LogP contribution in [-0.2, 0) is 9.59 Å². The number of amides is 2. The van der Waals surface area contributed by atoms with Crippen LogP contribution in [0.5, 0.6) is 5.75 Å². The maximum atomic E-state index is 13.0. The van der Waals surface area contributed by atoms with Gasteiger partial charge in [-0.2, -0.15) is 0 Å². The van der Waals surface area contributed by atoms with Crippen LogP contribution in [0.15, 0.2) is 24.3 Å². The molecule has 142 valence electrons. The Bertz CT molecular complexity index is 655. The number of para-hydroxylation sites is 1. The van der Waals surface area contributed by atoms with Gasteiger partial charge in [0.15, 0.2) is 0 Å². The van der Waals surface area contributed by atoms with Crippen LogP contribution >= 0.6 is 0 Å². The van der Waals surface area contributed by atoms with E-state index in [1.165, 1.54) is 0 Å². The van der Waals surface area contributed by atoms with Gasteiger partial charge in [-0.15, -0.1) is 0 Å². The summed E-state index contributed by atoms with van der Waals surface area (Å²) in [6, 6.07) is 7.61. The minimum absolute atomic E-state index is 0.0141. The monoisotopic (exact) mass is 359 g/mol. The average Bonchev–Trinajstić information content (AvgIpc) is 2.99. The van der Waals surface area contributed by atoms with Gasteiger partial charge in [0.05, 0.1) is 19.1 Å². The van der Waals surface area contributed by atoms with Crippen LogP contribution in [0.3, 0.4) is 0 Å². The number of hydrogen-bond donors (Lipinski definition) is 1. The highest BCUT2D eigenvalue weighted by Crippen LogP contribution is 2.41. The summed E-state index contributed by atoms with van der Waals surface area (Å²) >= 11 is 0. The molecule has 0 saturated carbocycles. The number of carbonyl (C=O) groups excluding carboxylic acids is 2. The third-order valence-electron chi connectivity index (χ3n) is 5.63. The Morgan fingerprint density at radius 1 is 1.27 bits per heavy atom. The first-order valence-corrected chi connectivity index (χ1v) is 9.46. The van der Waals surface area contributed by atoms with E-state index >= 15 is 0 Å². The van der Waals surface area contributed by atoms with Crippen LogP contribution < -0.4 is 10.1 Å². The van der Waals surface area contributed by atoms with E-state index in [4.69, 9.17) is 4.74 Å². The Morgan fingerprint density at radius 2 is 1.96 bits per heavy atom. The normalized spacial score (nSPS) is 24.7. The number of carbonyl (C=O) groups is 2. The minimum Gasteiger partial charge on any atom is -0.496 e. The lowest BCUT2D eigenvalue weighted by molar-refractivity contribution is -0.129. The van der Waals surface area contributed by atoms with Gasteiger partial charge in [0, 0.05) is 24.6 Å². The molecule has 6 heteroatoms. The van der Waals surface area contributed by atoms with E-state index in [1.807, 2.05) is 31.2 Å². The molecule has 3 rings (SSSR count). The standard InChI is InChI=1S/C20H29N3O3/c1-4-23-18(24)13-16(19(23)15-7-5-6-8-17(15)26-3)20(25)21-14-9-11-22(2)12-10-14/h5-8,14,16,19H,4,9-13H2,1-3H3,(H,21,25)/t16-,19+/m1/s1. The lowest BCUT2D eigenvalue weighted by Crippen LogP contribution is -2.46. The predicted octanol–water partition coefficient (Wildman–Crippen LogP) is 1.82. The van der Waals surface area contributed by atoms with E-state index in [-0.39, 0.29) is 36.2 Å². The number of nitrogens with zero attached hydrogens (tertiary/aromatic N) is 2. The number of benzene rings is 1. The van der Waals surface area contributed by atoms with E-state index < -0.39 is 0 Å². The first kappa shape index (κ1) is 18.7. The first-order valence-electron chi connectivity index (χ1n) is 9.46. The Morgan fingerprint density at radius 3 is 2.62 bits per heavy atom. The first-order chi connectivity index (χ1) is 12.5. The number of hydrogen-bond acceptors (Lipinski definition) is 4. The van der Waals surface area contributed by atoms with Crippen molar-refractivity contribution in [3.05, 3.63) is 29.8 Å². The summed E-state index contributed by atoms with van der Waals surface area (Å²) in [5, 5.41) is 3.20. The fourth-order valence-corrected chi connectivity index (χ4v) is 4.16. The van der Waals surface area contributed by atoms with Crippen molar-refractivity contribution < 1.29 is 14.3 Å². The summed E-state index contributed by atoms with van der Waals surface area (Å²) < 4.78 is 5.50. The summed E-state index contributed by atoms with van der Waals surface area (Å²) in [7, 11) is 3.73. The van der Waals surface area contributed by atoms with Crippen molar-refractivity contribution in [3.8, 4) is 5.75 Å². The molecule has 1 N–H and O–H groups in total. The molecule has 2 saturated heterocycles. The quantitative estimate of drug-likeness (QED) is 0.871. The second-order valence-electron chi connectivity index (χ2n) is 7.26.